The lowest BCUT2D eigenvalue weighted by Crippen LogP contribution is -2.71. The standard InChI is InChI=1S/C46H53NO13/c1-26-33(59-43(55)37(51)36(28-15-9-6-10-16-28)47-41(53)29-17-11-7-12-18-29)25-46(56)40(60-42(54)30-19-13-8-14-20-30)32-23-31(57-22-21-48)24-34(50)45(32,5)39(52)38(58-27(2)49)35(26)44(46,3)4/h6-20,31-34,36-38,40,48,50-51,56H,21-25H2,1-5H3,(H,47,53)/t31-,32-,33-,34-,36-,37+,38+,40-,45-,46+/m0/s1. The number of fused-ring (bicyclic) bond motifs is 3. The Labute approximate surface area is 348 Å². The molecule has 0 saturated heterocycles. The van der Waals surface area contributed by atoms with E-state index in [9.17, 15) is 39.6 Å². The van der Waals surface area contributed by atoms with Crippen molar-refractivity contribution in [3.63, 3.8) is 0 Å². The van der Waals surface area contributed by atoms with Gasteiger partial charge in [0, 0.05) is 36.7 Å². The number of hydrogen-bond acceptors (Lipinski definition) is 13. The highest BCUT2D eigenvalue weighted by atomic mass is 16.6. The minimum absolute atomic E-state index is 0.0434. The van der Waals surface area contributed by atoms with Gasteiger partial charge in [0.25, 0.3) is 5.91 Å². The number of aliphatic hydroxyl groups is 4. The zero-order chi connectivity index (χ0) is 43.6. The van der Waals surface area contributed by atoms with Crippen molar-refractivity contribution in [3.8, 4) is 0 Å². The number of ether oxygens (including phenoxy) is 4. The van der Waals surface area contributed by atoms with Crippen molar-refractivity contribution in [2.75, 3.05) is 13.2 Å². The van der Waals surface area contributed by atoms with Crippen molar-refractivity contribution < 1.29 is 63.3 Å². The summed E-state index contributed by atoms with van der Waals surface area (Å²) in [5.41, 5.74) is -4.52. The molecule has 2 bridgehead atoms. The Morgan fingerprint density at radius 1 is 0.850 bits per heavy atom. The fourth-order valence-electron chi connectivity index (χ4n) is 9.36. The normalized spacial score (nSPS) is 29.4. The highest BCUT2D eigenvalue weighted by Gasteiger charge is 2.70. The Morgan fingerprint density at radius 2 is 1.43 bits per heavy atom. The second-order valence-corrected chi connectivity index (χ2v) is 16.6. The molecule has 60 heavy (non-hydrogen) atoms. The van der Waals surface area contributed by atoms with Crippen LogP contribution in [0, 0.1) is 16.7 Å². The lowest BCUT2D eigenvalue weighted by molar-refractivity contribution is -0.232. The third kappa shape index (κ3) is 8.26. The third-order valence-electron chi connectivity index (χ3n) is 12.8. The van der Waals surface area contributed by atoms with Gasteiger partial charge in [-0.1, -0.05) is 80.6 Å². The number of nitrogens with one attached hydrogen (secondary N) is 1. The predicted octanol–water partition coefficient (Wildman–Crippen LogP) is 3.80. The van der Waals surface area contributed by atoms with Crippen LogP contribution in [-0.2, 0) is 33.3 Å². The zero-order valence-corrected chi connectivity index (χ0v) is 34.3. The second-order valence-electron chi connectivity index (χ2n) is 16.6. The third-order valence-corrected chi connectivity index (χ3v) is 12.8. The zero-order valence-electron chi connectivity index (χ0n) is 34.3. The molecule has 10 atom stereocenters. The van der Waals surface area contributed by atoms with Crippen molar-refractivity contribution in [2.45, 2.75) is 102 Å². The monoisotopic (exact) mass is 827 g/mol. The van der Waals surface area contributed by atoms with Crippen molar-refractivity contribution >= 4 is 29.6 Å². The van der Waals surface area contributed by atoms with E-state index >= 15 is 4.79 Å². The maximum absolute atomic E-state index is 15.2. The maximum Gasteiger partial charge on any atom is 0.338 e. The lowest BCUT2D eigenvalue weighted by Gasteiger charge is -2.61. The van der Waals surface area contributed by atoms with E-state index in [2.05, 4.69) is 5.32 Å². The fourth-order valence-corrected chi connectivity index (χ4v) is 9.36. The number of Topliss-reactive ketones (excluding diaryl/α,β-unsaturated/α-hetero) is 1. The Hall–Kier alpha value is -5.25. The van der Waals surface area contributed by atoms with Crippen LogP contribution >= 0.6 is 0 Å². The lowest BCUT2D eigenvalue weighted by atomic mass is 9.48. The molecule has 0 unspecified atom stereocenters. The van der Waals surface area contributed by atoms with Crippen LogP contribution in [0.15, 0.2) is 102 Å². The molecule has 3 aromatic carbocycles. The number of carbonyl (C=O) groups excluding carboxylic acids is 5. The van der Waals surface area contributed by atoms with Gasteiger partial charge in [0.05, 0.1) is 42.4 Å². The number of esters is 3. The summed E-state index contributed by atoms with van der Waals surface area (Å²) in [7, 11) is 0. The molecule has 0 radical (unpaired) electrons. The molecule has 3 aliphatic rings. The van der Waals surface area contributed by atoms with E-state index in [4.69, 9.17) is 18.9 Å². The van der Waals surface area contributed by atoms with Gasteiger partial charge in [0.2, 0.25) is 0 Å². The molecule has 1 amide bonds. The predicted molar refractivity (Wildman–Crippen MR) is 215 cm³/mol. The molecule has 5 N–H and O–H groups in total. The quantitative estimate of drug-likeness (QED) is 0.1000. The Balaban J connectivity index is 1.48. The SMILES string of the molecule is CC(=O)O[C@H]1C(=O)[C@]2(C)[C@@H](O)C[C@@H](OCCO)C[C@H]2[C@H](OC(=O)c2ccccc2)[C@]2(O)C[C@H](OC(=O)[C@H](O)[C@@H](NC(=O)c3ccccc3)c3ccccc3)C(C)=C1C2(C)C. The van der Waals surface area contributed by atoms with Gasteiger partial charge in [0.1, 0.15) is 17.8 Å². The summed E-state index contributed by atoms with van der Waals surface area (Å²) >= 11 is 0. The molecule has 0 aromatic heterocycles. The van der Waals surface area contributed by atoms with Gasteiger partial charge in [-0.2, -0.15) is 0 Å². The van der Waals surface area contributed by atoms with E-state index in [1.807, 2.05) is 0 Å². The first-order valence-corrected chi connectivity index (χ1v) is 20.1. The average Bonchev–Trinajstić information content (AvgIpc) is 3.23. The second kappa shape index (κ2) is 17.8. The van der Waals surface area contributed by atoms with Crippen LogP contribution in [0.4, 0.5) is 0 Å². The van der Waals surface area contributed by atoms with E-state index < -0.39 is 101 Å². The van der Waals surface area contributed by atoms with Gasteiger partial charge in [-0.25, -0.2) is 9.59 Å². The topological polar surface area (TPSA) is 215 Å². The molecule has 320 valence electrons. The summed E-state index contributed by atoms with van der Waals surface area (Å²) in [6.45, 7) is 6.94. The van der Waals surface area contributed by atoms with Gasteiger partial charge in [0.15, 0.2) is 18.0 Å². The maximum atomic E-state index is 15.2. The number of hydrogen-bond donors (Lipinski definition) is 5. The van der Waals surface area contributed by atoms with E-state index in [0.29, 0.717) is 5.56 Å². The van der Waals surface area contributed by atoms with Crippen LogP contribution < -0.4 is 5.32 Å². The molecule has 14 nitrogen and oxygen atoms in total. The van der Waals surface area contributed by atoms with E-state index in [1.54, 1.807) is 99.6 Å². The number of benzene rings is 3. The number of ketones is 1. The number of aliphatic hydroxyl groups excluding tert-OH is 3. The molecule has 3 aromatic rings. The van der Waals surface area contributed by atoms with E-state index in [-0.39, 0.29) is 48.3 Å². The highest BCUT2D eigenvalue weighted by molar-refractivity contribution is 5.96. The summed E-state index contributed by atoms with van der Waals surface area (Å²) in [6.07, 6.45) is -9.49. The van der Waals surface area contributed by atoms with E-state index in [0.717, 1.165) is 6.92 Å². The molecule has 2 fully saturated rings. The van der Waals surface area contributed by atoms with Gasteiger partial charge >= 0.3 is 17.9 Å². The molecule has 0 spiro atoms. The van der Waals surface area contributed by atoms with Crippen molar-refractivity contribution in [2.24, 2.45) is 16.7 Å². The number of carbonyl (C=O) groups is 5. The molecular formula is C46H53NO13. The first kappa shape index (κ1) is 44.3. The molecule has 14 heteroatoms. The first-order valence-electron chi connectivity index (χ1n) is 20.1. The number of rotatable bonds is 12. The largest absolute Gasteiger partial charge is 0.456 e. The van der Waals surface area contributed by atoms with Gasteiger partial charge in [-0.15, -0.1) is 0 Å². The smallest absolute Gasteiger partial charge is 0.338 e. The Bertz CT molecular complexity index is 2090. The average molecular weight is 828 g/mol. The van der Waals surface area contributed by atoms with Crippen LogP contribution in [0.2, 0.25) is 0 Å². The molecule has 6 rings (SSSR count). The first-order chi connectivity index (χ1) is 28.4. The van der Waals surface area contributed by atoms with E-state index in [1.165, 1.54) is 19.1 Å². The Morgan fingerprint density at radius 3 is 2.02 bits per heavy atom. The number of amides is 1. The minimum Gasteiger partial charge on any atom is -0.456 e. The van der Waals surface area contributed by atoms with Crippen LogP contribution in [0.3, 0.4) is 0 Å². The van der Waals surface area contributed by atoms with Crippen molar-refractivity contribution in [1.29, 1.82) is 0 Å². The molecule has 0 heterocycles. The minimum atomic E-state index is -2.23. The van der Waals surface area contributed by atoms with Gasteiger partial charge in [-0.05, 0) is 61.2 Å². The molecule has 2 saturated carbocycles. The summed E-state index contributed by atoms with van der Waals surface area (Å²) in [5.74, 6) is -5.38. The Kier molecular flexibility index (Phi) is 13.1. The van der Waals surface area contributed by atoms with Crippen LogP contribution in [0.5, 0.6) is 0 Å². The molecule has 0 aliphatic heterocycles. The van der Waals surface area contributed by atoms with Crippen molar-refractivity contribution in [1.82, 2.24) is 5.32 Å². The van der Waals surface area contributed by atoms with Crippen molar-refractivity contribution in [3.05, 3.63) is 119 Å². The van der Waals surface area contributed by atoms with Gasteiger partial charge in [-0.3, -0.25) is 14.4 Å². The summed E-state index contributed by atoms with van der Waals surface area (Å²) < 4.78 is 24.1. The fraction of sp³-hybridized carbons (Fsp3) is 0.457. The molecular weight excluding hydrogens is 774 g/mol. The molecule has 3 aliphatic carbocycles. The highest BCUT2D eigenvalue weighted by Crippen LogP contribution is 2.60. The van der Waals surface area contributed by atoms with Gasteiger partial charge < -0.3 is 44.7 Å². The van der Waals surface area contributed by atoms with Crippen LogP contribution in [-0.4, -0.2) is 105 Å². The summed E-state index contributed by atoms with van der Waals surface area (Å²) in [4.78, 5) is 69.7. The van der Waals surface area contributed by atoms with Crippen LogP contribution in [0.25, 0.3) is 0 Å². The summed E-state index contributed by atoms with van der Waals surface area (Å²) in [5, 5.41) is 49.4. The van der Waals surface area contributed by atoms with Crippen LogP contribution in [0.1, 0.15) is 86.2 Å². The summed E-state index contributed by atoms with van der Waals surface area (Å²) in [6, 6.07) is 23.3.